The number of hydrogen-bond acceptors (Lipinski definition) is 6. The molecule has 3 atom stereocenters. The third kappa shape index (κ3) is 2.99. The number of amidine groups is 1. The molecule has 0 bridgehead atoms. The van der Waals surface area contributed by atoms with E-state index >= 15 is 4.39 Å². The van der Waals surface area contributed by atoms with E-state index in [1.807, 2.05) is 31.2 Å². The van der Waals surface area contributed by atoms with Crippen molar-refractivity contribution in [3.63, 3.8) is 0 Å². The summed E-state index contributed by atoms with van der Waals surface area (Å²) in [6.45, 7) is 2.03. The maximum absolute atomic E-state index is 16.1. The number of hydrogen-bond donors (Lipinski definition) is 1. The topological polar surface area (TPSA) is 84.3 Å². The highest BCUT2D eigenvalue weighted by Crippen LogP contribution is 2.51. The van der Waals surface area contributed by atoms with Gasteiger partial charge in [-0.25, -0.2) is 9.38 Å². The molecule has 2 N–H and O–H groups in total. The van der Waals surface area contributed by atoms with Crippen LogP contribution in [0.25, 0.3) is 11.1 Å². The van der Waals surface area contributed by atoms with Crippen molar-refractivity contribution in [1.82, 2.24) is 4.98 Å². The number of ether oxygens (including phenoxy) is 1. The van der Waals surface area contributed by atoms with Gasteiger partial charge in [0.05, 0.1) is 18.3 Å². The van der Waals surface area contributed by atoms with Crippen molar-refractivity contribution in [3.05, 3.63) is 53.9 Å². The molecule has 5 nitrogen and oxygen atoms in total. The van der Waals surface area contributed by atoms with Crippen LogP contribution in [0.15, 0.2) is 47.7 Å². The molecule has 1 aromatic heterocycles. The molecule has 27 heavy (non-hydrogen) atoms. The SMILES string of the molecule is C[C@H]1C[C@@]2(F)CSC(N)=N[C@@]2(c2cccc(-c3cncc(C#N)c3)c2)CO1. The van der Waals surface area contributed by atoms with Crippen LogP contribution in [0, 0.1) is 11.3 Å². The number of nitrogens with two attached hydrogens (primary N) is 1. The summed E-state index contributed by atoms with van der Waals surface area (Å²) < 4.78 is 21.9. The fourth-order valence-corrected chi connectivity index (χ4v) is 4.77. The normalized spacial score (nSPS) is 30.1. The Bertz CT molecular complexity index is 959. The molecule has 0 unspecified atom stereocenters. The fraction of sp³-hybridized carbons (Fsp3) is 0.350. The number of thioether (sulfide) groups is 1. The quantitative estimate of drug-likeness (QED) is 0.861. The summed E-state index contributed by atoms with van der Waals surface area (Å²) in [6, 6.07) is 11.4. The van der Waals surface area contributed by atoms with Gasteiger partial charge in [-0.15, -0.1) is 0 Å². The molecule has 2 aromatic rings. The van der Waals surface area contributed by atoms with Crippen molar-refractivity contribution in [2.75, 3.05) is 12.4 Å². The van der Waals surface area contributed by atoms with Gasteiger partial charge in [-0.1, -0.05) is 30.0 Å². The molecule has 138 valence electrons. The molecule has 3 heterocycles. The summed E-state index contributed by atoms with van der Waals surface area (Å²) in [7, 11) is 0. The first-order valence-electron chi connectivity index (χ1n) is 8.70. The van der Waals surface area contributed by atoms with Crippen LogP contribution in [0.2, 0.25) is 0 Å². The van der Waals surface area contributed by atoms with Crippen LogP contribution in [-0.2, 0) is 10.3 Å². The summed E-state index contributed by atoms with van der Waals surface area (Å²) >= 11 is 1.25. The molecule has 1 saturated heterocycles. The number of nitriles is 1. The third-order valence-corrected chi connectivity index (χ3v) is 6.21. The van der Waals surface area contributed by atoms with Crippen LogP contribution in [0.4, 0.5) is 4.39 Å². The number of benzene rings is 1. The van der Waals surface area contributed by atoms with Gasteiger partial charge >= 0.3 is 0 Å². The Hall–Kier alpha value is -2.43. The number of aliphatic imine (C=N–C) groups is 1. The third-order valence-electron chi connectivity index (χ3n) is 5.22. The maximum Gasteiger partial charge on any atom is 0.155 e. The van der Waals surface area contributed by atoms with Gasteiger partial charge in [0.25, 0.3) is 0 Å². The Balaban J connectivity index is 1.84. The Labute approximate surface area is 161 Å². The lowest BCUT2D eigenvalue weighted by atomic mass is 9.72. The molecule has 0 aliphatic carbocycles. The summed E-state index contributed by atoms with van der Waals surface area (Å²) in [6.07, 6.45) is 3.30. The van der Waals surface area contributed by atoms with E-state index in [9.17, 15) is 0 Å². The minimum atomic E-state index is -1.54. The first kappa shape index (κ1) is 18.0. The lowest BCUT2D eigenvalue weighted by Gasteiger charge is -2.49. The van der Waals surface area contributed by atoms with Gasteiger partial charge in [-0.3, -0.25) is 4.98 Å². The smallest absolute Gasteiger partial charge is 0.155 e. The number of alkyl halides is 1. The molecular weight excluding hydrogens is 363 g/mol. The first-order chi connectivity index (χ1) is 13.0. The molecule has 4 rings (SSSR count). The van der Waals surface area contributed by atoms with E-state index in [4.69, 9.17) is 15.7 Å². The van der Waals surface area contributed by atoms with E-state index in [2.05, 4.69) is 16.0 Å². The minimum Gasteiger partial charge on any atom is -0.379 e. The van der Waals surface area contributed by atoms with E-state index < -0.39 is 11.2 Å². The second-order valence-electron chi connectivity index (χ2n) is 7.04. The van der Waals surface area contributed by atoms with Crippen LogP contribution in [0.3, 0.4) is 0 Å². The summed E-state index contributed by atoms with van der Waals surface area (Å²) in [5.41, 5.74) is 6.13. The summed E-state index contributed by atoms with van der Waals surface area (Å²) in [5.74, 6) is 0.256. The van der Waals surface area contributed by atoms with Crippen molar-refractivity contribution in [1.29, 1.82) is 5.26 Å². The van der Waals surface area contributed by atoms with Gasteiger partial charge in [0, 0.05) is 30.1 Å². The predicted octanol–water partition coefficient (Wildman–Crippen LogP) is 3.39. The number of rotatable bonds is 2. The molecular formula is C20H19FN4OS. The van der Waals surface area contributed by atoms with Crippen molar-refractivity contribution in [2.45, 2.75) is 30.7 Å². The molecule has 2 aliphatic heterocycles. The van der Waals surface area contributed by atoms with Crippen molar-refractivity contribution >= 4 is 16.9 Å². The molecule has 0 spiro atoms. The van der Waals surface area contributed by atoms with Crippen molar-refractivity contribution in [3.8, 4) is 17.2 Å². The van der Waals surface area contributed by atoms with Crippen LogP contribution in [-0.4, -0.2) is 34.3 Å². The Morgan fingerprint density at radius 2 is 2.19 bits per heavy atom. The standard InChI is InChI=1S/C20H19FN4OS/c1-13-7-19(21)12-27-18(23)25-20(19,11-26-13)17-4-2-3-15(6-17)16-5-14(8-22)9-24-10-16/h2-6,9-10,13H,7,11-12H2,1H3,(H2,23,25)/t13-,19+,20+/m0/s1. The Morgan fingerprint density at radius 3 is 3.00 bits per heavy atom. The molecule has 2 aliphatic rings. The van der Waals surface area contributed by atoms with Gasteiger partial charge < -0.3 is 10.5 Å². The zero-order chi connectivity index (χ0) is 19.1. The highest BCUT2D eigenvalue weighted by molar-refractivity contribution is 8.13. The zero-order valence-electron chi connectivity index (χ0n) is 14.9. The van der Waals surface area contributed by atoms with Crippen molar-refractivity contribution < 1.29 is 9.13 Å². The number of halogens is 1. The van der Waals surface area contributed by atoms with Gasteiger partial charge in [-0.2, -0.15) is 5.26 Å². The zero-order valence-corrected chi connectivity index (χ0v) is 15.7. The highest BCUT2D eigenvalue weighted by atomic mass is 32.2. The average Bonchev–Trinajstić information content (AvgIpc) is 2.68. The molecule has 1 aromatic carbocycles. The largest absolute Gasteiger partial charge is 0.379 e. The second kappa shape index (κ2) is 6.63. The van der Waals surface area contributed by atoms with Gasteiger partial charge in [0.2, 0.25) is 0 Å². The van der Waals surface area contributed by atoms with Crippen LogP contribution in [0.1, 0.15) is 24.5 Å². The second-order valence-corrected chi connectivity index (χ2v) is 8.04. The lowest BCUT2D eigenvalue weighted by Crippen LogP contribution is -2.60. The Morgan fingerprint density at radius 1 is 1.33 bits per heavy atom. The monoisotopic (exact) mass is 382 g/mol. The average molecular weight is 382 g/mol. The predicted molar refractivity (Wildman–Crippen MR) is 104 cm³/mol. The number of aromatic nitrogens is 1. The van der Waals surface area contributed by atoms with Crippen LogP contribution >= 0.6 is 11.8 Å². The van der Waals surface area contributed by atoms with E-state index in [1.165, 1.54) is 18.0 Å². The minimum absolute atomic E-state index is 0.145. The number of nitrogens with zero attached hydrogens (tertiary/aromatic N) is 3. The van der Waals surface area contributed by atoms with Gasteiger partial charge in [0.1, 0.15) is 11.6 Å². The molecule has 0 amide bonds. The van der Waals surface area contributed by atoms with Crippen molar-refractivity contribution in [2.24, 2.45) is 10.7 Å². The van der Waals surface area contributed by atoms with Crippen LogP contribution in [0.5, 0.6) is 0 Å². The lowest BCUT2D eigenvalue weighted by molar-refractivity contribution is -0.106. The summed E-state index contributed by atoms with van der Waals surface area (Å²) in [4.78, 5) is 8.69. The molecule has 0 radical (unpaired) electrons. The van der Waals surface area contributed by atoms with E-state index in [-0.39, 0.29) is 24.9 Å². The van der Waals surface area contributed by atoms with Crippen LogP contribution < -0.4 is 5.73 Å². The van der Waals surface area contributed by atoms with Gasteiger partial charge in [-0.05, 0) is 30.2 Å². The van der Waals surface area contributed by atoms with E-state index in [1.54, 1.807) is 12.3 Å². The maximum atomic E-state index is 16.1. The van der Waals surface area contributed by atoms with E-state index in [0.717, 1.165) is 16.7 Å². The number of pyridine rings is 1. The Kier molecular flexibility index (Phi) is 4.41. The fourth-order valence-electron chi connectivity index (χ4n) is 3.82. The summed E-state index contributed by atoms with van der Waals surface area (Å²) in [5, 5.41) is 9.49. The van der Waals surface area contributed by atoms with E-state index in [0.29, 0.717) is 10.7 Å². The van der Waals surface area contributed by atoms with Gasteiger partial charge in [0.15, 0.2) is 10.8 Å². The molecule has 1 fully saturated rings. The first-order valence-corrected chi connectivity index (χ1v) is 9.69. The highest BCUT2D eigenvalue weighted by Gasteiger charge is 2.59. The molecule has 7 heteroatoms. The molecule has 0 saturated carbocycles. The number of fused-ring (bicyclic) bond motifs is 1.